The van der Waals surface area contributed by atoms with Gasteiger partial charge in [0.1, 0.15) is 23.0 Å². The second-order valence-corrected chi connectivity index (χ2v) is 8.04. The normalized spacial score (nSPS) is 9.68. The number of hydrogen-bond acceptors (Lipinski definition) is 6. The van der Waals surface area contributed by atoms with Crippen LogP contribution in [-0.4, -0.2) is 31.8 Å². The van der Waals surface area contributed by atoms with E-state index in [-0.39, 0.29) is 11.5 Å². The van der Waals surface area contributed by atoms with Gasteiger partial charge in [0.2, 0.25) is 0 Å². The number of ether oxygens (including phenoxy) is 2. The summed E-state index contributed by atoms with van der Waals surface area (Å²) < 4.78 is 27.6. The summed E-state index contributed by atoms with van der Waals surface area (Å²) in [6.07, 6.45) is 2.03. The zero-order valence-electron chi connectivity index (χ0n) is 21.0. The summed E-state index contributed by atoms with van der Waals surface area (Å²) in [5, 5.41) is 18.4. The lowest BCUT2D eigenvalue weighted by Gasteiger charge is -2.06. The smallest absolute Gasteiger partial charge is 0.335 e. The van der Waals surface area contributed by atoms with Gasteiger partial charge in [0.05, 0.1) is 13.2 Å². The molecule has 0 spiro atoms. The fourth-order valence-electron chi connectivity index (χ4n) is 3.23. The summed E-state index contributed by atoms with van der Waals surface area (Å²) in [6, 6.07) is 30.3. The third-order valence-electron chi connectivity index (χ3n) is 5.06. The number of phenolic OH excluding ortho intramolecular Hbond substituents is 2. The minimum absolute atomic E-state index is 0.289. The van der Waals surface area contributed by atoms with E-state index in [0.717, 1.165) is 59.8 Å². The molecule has 0 unspecified atom stereocenters. The van der Waals surface area contributed by atoms with Gasteiger partial charge in [0, 0.05) is 0 Å². The summed E-state index contributed by atoms with van der Waals surface area (Å²) in [7, 11) is 0. The molecule has 4 rings (SSSR count). The lowest BCUT2D eigenvalue weighted by Crippen LogP contribution is -1.94. The molecule has 6 nitrogen and oxygen atoms in total. The van der Waals surface area contributed by atoms with Crippen LogP contribution in [0, 0.1) is 0 Å². The molecule has 0 aromatic heterocycles. The van der Waals surface area contributed by atoms with Crippen LogP contribution in [0.1, 0.15) is 26.7 Å². The molecular weight excluding hydrogens is 488 g/mol. The van der Waals surface area contributed by atoms with Crippen molar-refractivity contribution in [3.63, 3.8) is 0 Å². The maximum atomic E-state index is 9.22. The van der Waals surface area contributed by atoms with Crippen LogP contribution in [0.15, 0.2) is 97.1 Å². The van der Waals surface area contributed by atoms with Crippen molar-refractivity contribution in [2.45, 2.75) is 26.7 Å². The Balaban J connectivity index is 0.000000235. The van der Waals surface area contributed by atoms with Crippen LogP contribution in [0.25, 0.3) is 22.3 Å². The predicted molar refractivity (Wildman–Crippen MR) is 148 cm³/mol. The van der Waals surface area contributed by atoms with Crippen molar-refractivity contribution in [2.75, 3.05) is 13.2 Å². The minimum atomic E-state index is -0.750. The number of benzene rings is 4. The van der Waals surface area contributed by atoms with Gasteiger partial charge < -0.3 is 19.7 Å². The van der Waals surface area contributed by atoms with E-state index in [2.05, 4.69) is 13.8 Å². The first kappa shape index (κ1) is 29.1. The van der Waals surface area contributed by atoms with Crippen molar-refractivity contribution in [1.29, 1.82) is 0 Å². The topological polar surface area (TPSA) is 93.1 Å². The first-order chi connectivity index (χ1) is 18.0. The van der Waals surface area contributed by atoms with Crippen molar-refractivity contribution in [3.8, 4) is 45.3 Å². The number of phenols is 2. The molecule has 4 aromatic rings. The molecule has 0 amide bonds. The highest BCUT2D eigenvalue weighted by Crippen LogP contribution is 2.25. The fourth-order valence-corrected chi connectivity index (χ4v) is 3.23. The maximum Gasteiger partial charge on any atom is 0.335 e. The van der Waals surface area contributed by atoms with Crippen molar-refractivity contribution in [3.05, 3.63) is 97.1 Å². The Morgan fingerprint density at radius 1 is 0.514 bits per heavy atom. The zero-order chi connectivity index (χ0) is 26.9. The van der Waals surface area contributed by atoms with Crippen molar-refractivity contribution < 1.29 is 28.1 Å². The molecule has 0 aliphatic carbocycles. The Morgan fingerprint density at radius 3 is 1.00 bits per heavy atom. The lowest BCUT2D eigenvalue weighted by atomic mass is 10.1. The Labute approximate surface area is 221 Å². The van der Waals surface area contributed by atoms with Crippen molar-refractivity contribution >= 4 is 11.6 Å². The number of rotatable bonds is 8. The van der Waals surface area contributed by atoms with Crippen molar-refractivity contribution in [1.82, 2.24) is 0 Å². The summed E-state index contributed by atoms with van der Waals surface area (Å²) in [5.74, 6) is 2.37. The third kappa shape index (κ3) is 10.6. The zero-order valence-corrected chi connectivity index (χ0v) is 21.8. The first-order valence-corrected chi connectivity index (χ1v) is 12.6. The summed E-state index contributed by atoms with van der Waals surface area (Å²) >= 11 is -0.750. The standard InChI is InChI=1S/2C15H16O2.O2S/c2*1-2-11-17-15-9-5-13(6-10-15)12-3-7-14(16)8-4-12;1-3-2/h2*3-10,16H,2,11H2,1H3;. The van der Waals surface area contributed by atoms with E-state index in [4.69, 9.17) is 17.9 Å². The Kier molecular flexibility index (Phi) is 13.0. The molecule has 0 aliphatic heterocycles. The Hall–Kier alpha value is -4.10. The molecule has 4 aromatic carbocycles. The number of aromatic hydroxyl groups is 2. The van der Waals surface area contributed by atoms with Crippen LogP contribution in [0.5, 0.6) is 23.0 Å². The van der Waals surface area contributed by atoms with Gasteiger partial charge in [-0.25, -0.2) is 0 Å². The van der Waals surface area contributed by atoms with Gasteiger partial charge in [-0.15, -0.1) is 0 Å². The fraction of sp³-hybridized carbons (Fsp3) is 0.200. The Bertz CT molecular complexity index is 1110. The van der Waals surface area contributed by atoms with Gasteiger partial charge in [-0.2, -0.15) is 8.42 Å². The first-order valence-electron chi connectivity index (χ1n) is 12.0. The van der Waals surface area contributed by atoms with Gasteiger partial charge in [0.25, 0.3) is 0 Å². The summed E-state index contributed by atoms with van der Waals surface area (Å²) in [6.45, 7) is 5.67. The second kappa shape index (κ2) is 16.5. The van der Waals surface area contributed by atoms with Crippen LogP contribution in [0.3, 0.4) is 0 Å². The van der Waals surface area contributed by atoms with E-state index in [1.54, 1.807) is 24.3 Å². The second-order valence-electron chi connectivity index (χ2n) is 7.91. The molecule has 194 valence electrons. The number of hydrogen-bond donors (Lipinski definition) is 2. The molecule has 37 heavy (non-hydrogen) atoms. The Morgan fingerprint density at radius 2 is 0.757 bits per heavy atom. The van der Waals surface area contributed by atoms with Crippen molar-refractivity contribution in [2.24, 2.45) is 0 Å². The van der Waals surface area contributed by atoms with E-state index >= 15 is 0 Å². The third-order valence-corrected chi connectivity index (χ3v) is 5.06. The molecular formula is C30H32O6S. The molecule has 0 saturated heterocycles. The predicted octanol–water partition coefficient (Wildman–Crippen LogP) is 7.03. The highest BCUT2D eigenvalue weighted by atomic mass is 32.1. The molecule has 0 saturated carbocycles. The molecule has 0 radical (unpaired) electrons. The minimum Gasteiger partial charge on any atom is -0.508 e. The van der Waals surface area contributed by atoms with Crippen LogP contribution in [0.4, 0.5) is 0 Å². The SMILES string of the molecule is CCCOc1ccc(-c2ccc(O)cc2)cc1.CCCOc1ccc(-c2ccc(O)cc2)cc1.O=S=O. The average molecular weight is 521 g/mol. The van der Waals surface area contributed by atoms with Gasteiger partial charge in [0.15, 0.2) is 0 Å². The average Bonchev–Trinajstić information content (AvgIpc) is 2.93. The van der Waals surface area contributed by atoms with Gasteiger partial charge >= 0.3 is 11.6 Å². The van der Waals surface area contributed by atoms with Crippen LogP contribution < -0.4 is 9.47 Å². The quantitative estimate of drug-likeness (QED) is 0.259. The van der Waals surface area contributed by atoms with Gasteiger partial charge in [-0.05, 0) is 83.6 Å². The monoisotopic (exact) mass is 520 g/mol. The maximum absolute atomic E-state index is 9.22. The summed E-state index contributed by atoms with van der Waals surface area (Å²) in [5.41, 5.74) is 4.41. The molecule has 0 fully saturated rings. The highest BCUT2D eigenvalue weighted by molar-refractivity contribution is 7.51. The van der Waals surface area contributed by atoms with E-state index in [1.165, 1.54) is 0 Å². The molecule has 7 heteroatoms. The lowest BCUT2D eigenvalue weighted by molar-refractivity contribution is 0.317. The van der Waals surface area contributed by atoms with Gasteiger partial charge in [-0.3, -0.25) is 0 Å². The molecule has 2 N–H and O–H groups in total. The van der Waals surface area contributed by atoms with Crippen LogP contribution in [0.2, 0.25) is 0 Å². The molecule has 0 aliphatic rings. The molecule has 0 heterocycles. The van der Waals surface area contributed by atoms with E-state index in [9.17, 15) is 10.2 Å². The van der Waals surface area contributed by atoms with Crippen LogP contribution in [-0.2, 0) is 11.6 Å². The van der Waals surface area contributed by atoms with E-state index in [0.29, 0.717) is 0 Å². The molecule has 0 bridgehead atoms. The van der Waals surface area contributed by atoms with Gasteiger partial charge in [-0.1, -0.05) is 62.4 Å². The summed E-state index contributed by atoms with van der Waals surface area (Å²) in [4.78, 5) is 0. The molecule has 0 atom stereocenters. The highest BCUT2D eigenvalue weighted by Gasteiger charge is 2.00. The van der Waals surface area contributed by atoms with E-state index < -0.39 is 11.6 Å². The van der Waals surface area contributed by atoms with Crippen LogP contribution >= 0.6 is 0 Å². The largest absolute Gasteiger partial charge is 0.508 e. The van der Waals surface area contributed by atoms with E-state index in [1.807, 2.05) is 72.8 Å².